The Kier molecular flexibility index (Phi) is 4.11. The van der Waals surface area contributed by atoms with Crippen molar-refractivity contribution in [1.29, 1.82) is 0 Å². The van der Waals surface area contributed by atoms with Crippen molar-refractivity contribution in [3.8, 4) is 0 Å². The second kappa shape index (κ2) is 4.94. The van der Waals surface area contributed by atoms with Gasteiger partial charge in [-0.3, -0.25) is 4.79 Å². The minimum absolute atomic E-state index is 0.0226. The first-order chi connectivity index (χ1) is 7.02. The summed E-state index contributed by atoms with van der Waals surface area (Å²) in [5.41, 5.74) is 5.84. The molecule has 88 valence electrons. The highest BCUT2D eigenvalue weighted by Crippen LogP contribution is 2.35. The van der Waals surface area contributed by atoms with Gasteiger partial charge in [0, 0.05) is 12.1 Å². The van der Waals surface area contributed by atoms with Crippen LogP contribution in [-0.4, -0.2) is 43.0 Å². The van der Waals surface area contributed by atoms with Crippen LogP contribution in [0.4, 0.5) is 0 Å². The van der Waals surface area contributed by atoms with Gasteiger partial charge in [0.15, 0.2) is 0 Å². The quantitative estimate of drug-likeness (QED) is 0.691. The molecule has 0 radical (unpaired) electrons. The van der Waals surface area contributed by atoms with E-state index in [2.05, 4.69) is 24.3 Å². The molecule has 0 spiro atoms. The van der Waals surface area contributed by atoms with E-state index in [0.717, 1.165) is 6.54 Å². The topological polar surface area (TPSA) is 58.4 Å². The maximum absolute atomic E-state index is 11.5. The standard InChI is InChI=1S/C11H23N3O/c1-4-9(12)10(15)13-8-11(14(2)3)6-5-7-11/h9H,4-8,12H2,1-3H3,(H,13,15). The monoisotopic (exact) mass is 213 g/mol. The number of hydrogen-bond acceptors (Lipinski definition) is 3. The lowest BCUT2D eigenvalue weighted by Crippen LogP contribution is -2.58. The Morgan fingerprint density at radius 2 is 2.13 bits per heavy atom. The molecule has 0 saturated heterocycles. The summed E-state index contributed by atoms with van der Waals surface area (Å²) in [7, 11) is 4.15. The summed E-state index contributed by atoms with van der Waals surface area (Å²) in [6.45, 7) is 2.65. The summed E-state index contributed by atoms with van der Waals surface area (Å²) in [6, 6.07) is -0.357. The van der Waals surface area contributed by atoms with E-state index in [9.17, 15) is 4.79 Å². The van der Waals surface area contributed by atoms with Crippen LogP contribution in [0.2, 0.25) is 0 Å². The van der Waals surface area contributed by atoms with Crippen LogP contribution in [0.25, 0.3) is 0 Å². The summed E-state index contributed by atoms with van der Waals surface area (Å²) < 4.78 is 0. The molecule has 1 saturated carbocycles. The van der Waals surface area contributed by atoms with Gasteiger partial charge in [-0.15, -0.1) is 0 Å². The number of hydrogen-bond donors (Lipinski definition) is 2. The Morgan fingerprint density at radius 3 is 2.47 bits per heavy atom. The molecule has 1 aliphatic carbocycles. The van der Waals surface area contributed by atoms with E-state index in [1.54, 1.807) is 0 Å². The Balaban J connectivity index is 2.38. The van der Waals surface area contributed by atoms with Crippen LogP contribution in [-0.2, 0) is 4.79 Å². The molecule has 1 rings (SSSR count). The summed E-state index contributed by atoms with van der Waals surface area (Å²) in [4.78, 5) is 13.7. The molecule has 1 atom stereocenters. The Bertz CT molecular complexity index is 224. The van der Waals surface area contributed by atoms with Crippen LogP contribution in [0.1, 0.15) is 32.6 Å². The van der Waals surface area contributed by atoms with E-state index >= 15 is 0 Å². The molecular formula is C11H23N3O. The van der Waals surface area contributed by atoms with E-state index in [4.69, 9.17) is 5.73 Å². The largest absolute Gasteiger partial charge is 0.353 e. The Labute approximate surface area is 92.2 Å². The highest BCUT2D eigenvalue weighted by molar-refractivity contribution is 5.81. The van der Waals surface area contributed by atoms with Crippen LogP contribution >= 0.6 is 0 Å². The van der Waals surface area contributed by atoms with Gasteiger partial charge in [0.05, 0.1) is 6.04 Å². The minimum Gasteiger partial charge on any atom is -0.353 e. The molecule has 4 nitrogen and oxygen atoms in total. The van der Waals surface area contributed by atoms with Gasteiger partial charge in [-0.1, -0.05) is 6.92 Å². The molecular weight excluding hydrogens is 190 g/mol. The average Bonchev–Trinajstić information content (AvgIpc) is 2.14. The van der Waals surface area contributed by atoms with Gasteiger partial charge in [0.2, 0.25) is 5.91 Å². The molecule has 1 amide bonds. The Morgan fingerprint density at radius 1 is 1.53 bits per heavy atom. The summed E-state index contributed by atoms with van der Waals surface area (Å²) in [5, 5.41) is 2.95. The second-order valence-corrected chi connectivity index (χ2v) is 4.70. The lowest BCUT2D eigenvalue weighted by molar-refractivity contribution is -0.123. The van der Waals surface area contributed by atoms with Crippen molar-refractivity contribution in [2.75, 3.05) is 20.6 Å². The van der Waals surface area contributed by atoms with Crippen LogP contribution < -0.4 is 11.1 Å². The fourth-order valence-corrected chi connectivity index (χ4v) is 1.94. The molecule has 1 aliphatic rings. The molecule has 0 aromatic rings. The zero-order chi connectivity index (χ0) is 11.5. The fourth-order valence-electron chi connectivity index (χ4n) is 1.94. The predicted octanol–water partition coefficient (Wildman–Crippen LogP) is 0.324. The third kappa shape index (κ3) is 2.69. The van der Waals surface area contributed by atoms with Crippen LogP contribution in [0.3, 0.4) is 0 Å². The first kappa shape index (κ1) is 12.5. The van der Waals surface area contributed by atoms with Crippen molar-refractivity contribution in [3.05, 3.63) is 0 Å². The number of likely N-dealkylation sites (N-methyl/N-ethyl adjacent to an activating group) is 1. The third-order valence-corrected chi connectivity index (χ3v) is 3.60. The van der Waals surface area contributed by atoms with E-state index in [-0.39, 0.29) is 17.5 Å². The molecule has 0 bridgehead atoms. The third-order valence-electron chi connectivity index (χ3n) is 3.60. The minimum atomic E-state index is -0.357. The average molecular weight is 213 g/mol. The zero-order valence-electron chi connectivity index (χ0n) is 10.0. The van der Waals surface area contributed by atoms with Crippen LogP contribution in [0, 0.1) is 0 Å². The number of carbonyl (C=O) groups excluding carboxylic acids is 1. The number of amides is 1. The van der Waals surface area contributed by atoms with Gasteiger partial charge in [-0.05, 0) is 39.8 Å². The van der Waals surface area contributed by atoms with E-state index in [0.29, 0.717) is 6.42 Å². The number of nitrogens with zero attached hydrogens (tertiary/aromatic N) is 1. The molecule has 15 heavy (non-hydrogen) atoms. The predicted molar refractivity (Wildman–Crippen MR) is 61.5 cm³/mol. The first-order valence-electron chi connectivity index (χ1n) is 5.72. The smallest absolute Gasteiger partial charge is 0.236 e. The van der Waals surface area contributed by atoms with Gasteiger partial charge < -0.3 is 16.0 Å². The Hall–Kier alpha value is -0.610. The molecule has 1 unspecified atom stereocenters. The van der Waals surface area contributed by atoms with Crippen LogP contribution in [0.5, 0.6) is 0 Å². The molecule has 0 aliphatic heterocycles. The first-order valence-corrected chi connectivity index (χ1v) is 5.72. The molecule has 0 heterocycles. The highest BCUT2D eigenvalue weighted by Gasteiger charge is 2.39. The van der Waals surface area contributed by atoms with Gasteiger partial charge in [-0.2, -0.15) is 0 Å². The SMILES string of the molecule is CCC(N)C(=O)NCC1(N(C)C)CCC1. The van der Waals surface area contributed by atoms with Crippen molar-refractivity contribution in [1.82, 2.24) is 10.2 Å². The van der Waals surface area contributed by atoms with Crippen LogP contribution in [0.15, 0.2) is 0 Å². The number of rotatable bonds is 5. The second-order valence-electron chi connectivity index (χ2n) is 4.70. The summed E-state index contributed by atoms with van der Waals surface area (Å²) >= 11 is 0. The molecule has 0 aromatic carbocycles. The maximum Gasteiger partial charge on any atom is 0.236 e. The van der Waals surface area contributed by atoms with Crippen molar-refractivity contribution < 1.29 is 4.79 Å². The molecule has 3 N–H and O–H groups in total. The fraction of sp³-hybridized carbons (Fsp3) is 0.909. The van der Waals surface area contributed by atoms with E-state index < -0.39 is 0 Å². The number of nitrogens with two attached hydrogens (primary N) is 1. The highest BCUT2D eigenvalue weighted by atomic mass is 16.2. The maximum atomic E-state index is 11.5. The zero-order valence-corrected chi connectivity index (χ0v) is 10.0. The van der Waals surface area contributed by atoms with Gasteiger partial charge >= 0.3 is 0 Å². The lowest BCUT2D eigenvalue weighted by atomic mass is 9.75. The van der Waals surface area contributed by atoms with Crippen molar-refractivity contribution >= 4 is 5.91 Å². The van der Waals surface area contributed by atoms with E-state index in [1.165, 1.54) is 19.3 Å². The number of nitrogens with one attached hydrogen (secondary N) is 1. The molecule has 4 heteroatoms. The molecule has 0 aromatic heterocycles. The van der Waals surface area contributed by atoms with Gasteiger partial charge in [0.25, 0.3) is 0 Å². The molecule has 1 fully saturated rings. The lowest BCUT2D eigenvalue weighted by Gasteiger charge is -2.47. The summed E-state index contributed by atoms with van der Waals surface area (Å²) in [6.07, 6.45) is 4.29. The van der Waals surface area contributed by atoms with Crippen molar-refractivity contribution in [3.63, 3.8) is 0 Å². The van der Waals surface area contributed by atoms with Gasteiger partial charge in [0.1, 0.15) is 0 Å². The normalized spacial score (nSPS) is 20.9. The van der Waals surface area contributed by atoms with E-state index in [1.807, 2.05) is 6.92 Å². The van der Waals surface area contributed by atoms with Gasteiger partial charge in [-0.25, -0.2) is 0 Å². The van der Waals surface area contributed by atoms with Crippen molar-refractivity contribution in [2.24, 2.45) is 5.73 Å². The number of carbonyl (C=O) groups is 1. The summed E-state index contributed by atoms with van der Waals surface area (Å²) in [5.74, 6) is -0.0226. The van der Waals surface area contributed by atoms with Crippen molar-refractivity contribution in [2.45, 2.75) is 44.2 Å².